The topological polar surface area (TPSA) is 90.0 Å². The Hall–Kier alpha value is -4.73. The SMILES string of the molecule is O=C(OCc1ccccc1)[C@H]1CC[C@@H](Oc2ccc(-c3ccc(-c4nc5ccc(C(F)(F)F)cc5[nH]4)cn3)cn2)C1. The first kappa shape index (κ1) is 26.5. The molecule has 208 valence electrons. The van der Waals surface area contributed by atoms with Crippen LogP contribution in [0.1, 0.15) is 30.4 Å². The number of hydrogen-bond donors (Lipinski definition) is 1. The maximum absolute atomic E-state index is 13.0. The van der Waals surface area contributed by atoms with Gasteiger partial charge in [0.1, 0.15) is 18.5 Å². The van der Waals surface area contributed by atoms with Gasteiger partial charge in [0.25, 0.3) is 0 Å². The highest BCUT2D eigenvalue weighted by Gasteiger charge is 2.33. The van der Waals surface area contributed by atoms with E-state index in [-0.39, 0.29) is 24.6 Å². The molecule has 7 nitrogen and oxygen atoms in total. The van der Waals surface area contributed by atoms with Crippen LogP contribution in [-0.2, 0) is 22.3 Å². The van der Waals surface area contributed by atoms with E-state index in [2.05, 4.69) is 19.9 Å². The third-order valence-corrected chi connectivity index (χ3v) is 7.11. The fourth-order valence-corrected chi connectivity index (χ4v) is 4.91. The number of aromatic nitrogens is 4. The molecule has 10 heteroatoms. The minimum atomic E-state index is -4.42. The lowest BCUT2D eigenvalue weighted by Gasteiger charge is -2.13. The van der Waals surface area contributed by atoms with Gasteiger partial charge in [-0.3, -0.25) is 9.78 Å². The summed E-state index contributed by atoms with van der Waals surface area (Å²) in [5, 5.41) is 0. The van der Waals surface area contributed by atoms with Gasteiger partial charge in [-0.2, -0.15) is 13.2 Å². The summed E-state index contributed by atoms with van der Waals surface area (Å²) < 4.78 is 50.6. The number of carbonyl (C=O) groups excluding carboxylic acids is 1. The lowest BCUT2D eigenvalue weighted by molar-refractivity contribution is -0.149. The van der Waals surface area contributed by atoms with Crippen LogP contribution in [0.2, 0.25) is 0 Å². The highest BCUT2D eigenvalue weighted by Crippen LogP contribution is 2.33. The number of nitrogens with one attached hydrogen (secondary N) is 1. The second kappa shape index (κ2) is 11.0. The molecule has 0 spiro atoms. The second-order valence-electron chi connectivity index (χ2n) is 9.98. The number of benzene rings is 2. The van der Waals surface area contributed by atoms with Crippen molar-refractivity contribution in [3.05, 3.63) is 96.3 Å². The second-order valence-corrected chi connectivity index (χ2v) is 9.98. The largest absolute Gasteiger partial charge is 0.474 e. The first-order valence-corrected chi connectivity index (χ1v) is 13.2. The number of H-pyrrole nitrogens is 1. The fourth-order valence-electron chi connectivity index (χ4n) is 4.91. The number of imidazole rings is 1. The van der Waals surface area contributed by atoms with E-state index >= 15 is 0 Å². The molecular formula is C31H25F3N4O3. The quantitative estimate of drug-likeness (QED) is 0.217. The maximum atomic E-state index is 13.0. The summed E-state index contributed by atoms with van der Waals surface area (Å²) in [6.45, 7) is 0.265. The first-order chi connectivity index (χ1) is 19.8. The molecule has 1 aliphatic rings. The molecule has 0 unspecified atom stereocenters. The van der Waals surface area contributed by atoms with Crippen LogP contribution < -0.4 is 4.74 Å². The smallest absolute Gasteiger partial charge is 0.416 e. The van der Waals surface area contributed by atoms with Crippen molar-refractivity contribution in [2.45, 2.75) is 38.1 Å². The van der Waals surface area contributed by atoms with Gasteiger partial charge in [0.05, 0.1) is 28.2 Å². The lowest BCUT2D eigenvalue weighted by Crippen LogP contribution is -2.18. The molecule has 41 heavy (non-hydrogen) atoms. The van der Waals surface area contributed by atoms with Crippen LogP contribution in [-0.4, -0.2) is 32.0 Å². The number of pyridine rings is 2. The fraction of sp³-hybridized carbons (Fsp3) is 0.226. The van der Waals surface area contributed by atoms with E-state index < -0.39 is 11.7 Å². The minimum Gasteiger partial charge on any atom is -0.474 e. The average molecular weight is 559 g/mol. The Morgan fingerprint density at radius 3 is 2.46 bits per heavy atom. The number of fused-ring (bicyclic) bond motifs is 1. The van der Waals surface area contributed by atoms with Gasteiger partial charge in [0, 0.05) is 29.6 Å². The number of ether oxygens (including phenoxy) is 2. The van der Waals surface area contributed by atoms with Gasteiger partial charge in [0.15, 0.2) is 0 Å². The monoisotopic (exact) mass is 558 g/mol. The van der Waals surface area contributed by atoms with Gasteiger partial charge in [-0.25, -0.2) is 9.97 Å². The maximum Gasteiger partial charge on any atom is 0.416 e. The first-order valence-electron chi connectivity index (χ1n) is 13.2. The zero-order valence-corrected chi connectivity index (χ0v) is 21.8. The van der Waals surface area contributed by atoms with E-state index in [1.807, 2.05) is 36.4 Å². The molecule has 0 amide bonds. The van der Waals surface area contributed by atoms with Gasteiger partial charge in [-0.05, 0) is 61.2 Å². The van der Waals surface area contributed by atoms with Crippen molar-refractivity contribution in [1.29, 1.82) is 0 Å². The van der Waals surface area contributed by atoms with Gasteiger partial charge in [0.2, 0.25) is 5.88 Å². The number of halogens is 3. The van der Waals surface area contributed by atoms with Crippen LogP contribution in [0.25, 0.3) is 33.7 Å². The van der Waals surface area contributed by atoms with E-state index in [0.29, 0.717) is 46.8 Å². The number of rotatable bonds is 7. The normalized spacial score (nSPS) is 17.0. The van der Waals surface area contributed by atoms with Crippen molar-refractivity contribution in [3.63, 3.8) is 0 Å². The highest BCUT2D eigenvalue weighted by molar-refractivity contribution is 5.80. The number of alkyl halides is 3. The molecule has 0 saturated heterocycles. The molecule has 3 aromatic heterocycles. The summed E-state index contributed by atoms with van der Waals surface area (Å²) in [5.41, 5.74) is 3.05. The molecule has 5 aromatic rings. The average Bonchev–Trinajstić information content (AvgIpc) is 3.63. The van der Waals surface area contributed by atoms with Crippen LogP contribution in [0.5, 0.6) is 5.88 Å². The summed E-state index contributed by atoms with van der Waals surface area (Å²) >= 11 is 0. The number of hydrogen-bond acceptors (Lipinski definition) is 6. The van der Waals surface area contributed by atoms with Crippen molar-refractivity contribution in [2.24, 2.45) is 5.92 Å². The summed E-state index contributed by atoms with van der Waals surface area (Å²) in [7, 11) is 0. The lowest BCUT2D eigenvalue weighted by atomic mass is 10.1. The van der Waals surface area contributed by atoms with Gasteiger partial charge < -0.3 is 14.5 Å². The number of carbonyl (C=O) groups is 1. The number of esters is 1. The Morgan fingerprint density at radius 1 is 0.927 bits per heavy atom. The zero-order chi connectivity index (χ0) is 28.4. The standard InChI is InChI=1S/C31H25F3N4O3/c32-31(33,34)23-9-12-26-27(15-23)38-29(37-26)22-7-11-25(35-17-22)21-8-13-28(36-16-21)41-24-10-6-20(14-24)30(39)40-18-19-4-2-1-3-5-19/h1-5,7-9,11-13,15-17,20,24H,6,10,14,18H2,(H,37,38)/t20-,24+/m0/s1. The molecule has 6 rings (SSSR count). The van der Waals surface area contributed by atoms with Gasteiger partial charge in [-0.15, -0.1) is 0 Å². The predicted molar refractivity (Wildman–Crippen MR) is 146 cm³/mol. The van der Waals surface area contributed by atoms with E-state index in [1.54, 1.807) is 30.6 Å². The Bertz CT molecular complexity index is 1650. The van der Waals surface area contributed by atoms with Crippen LogP contribution >= 0.6 is 0 Å². The third-order valence-electron chi connectivity index (χ3n) is 7.11. The molecule has 2 aromatic carbocycles. The van der Waals surface area contributed by atoms with Crippen LogP contribution in [0.4, 0.5) is 13.2 Å². The summed E-state index contributed by atoms with van der Waals surface area (Å²) in [6.07, 6.45) is 0.775. The van der Waals surface area contributed by atoms with Crippen LogP contribution in [0.15, 0.2) is 85.2 Å². The van der Waals surface area contributed by atoms with E-state index in [4.69, 9.17) is 9.47 Å². The number of aromatic amines is 1. The summed E-state index contributed by atoms with van der Waals surface area (Å²) in [6, 6.07) is 20.2. The Kier molecular flexibility index (Phi) is 7.13. The number of nitrogens with zero attached hydrogens (tertiary/aromatic N) is 3. The van der Waals surface area contributed by atoms with Gasteiger partial charge in [-0.1, -0.05) is 30.3 Å². The summed E-state index contributed by atoms with van der Waals surface area (Å²) in [5.74, 6) is 0.504. The molecule has 1 saturated carbocycles. The molecular weight excluding hydrogens is 533 g/mol. The van der Waals surface area contributed by atoms with Crippen molar-refractivity contribution in [1.82, 2.24) is 19.9 Å². The van der Waals surface area contributed by atoms with E-state index in [1.165, 1.54) is 6.07 Å². The highest BCUT2D eigenvalue weighted by atomic mass is 19.4. The Morgan fingerprint density at radius 2 is 1.73 bits per heavy atom. The van der Waals surface area contributed by atoms with Crippen molar-refractivity contribution in [2.75, 3.05) is 0 Å². The molecule has 1 aliphatic carbocycles. The van der Waals surface area contributed by atoms with Crippen LogP contribution in [0, 0.1) is 5.92 Å². The molecule has 0 aliphatic heterocycles. The molecule has 1 fully saturated rings. The van der Waals surface area contributed by atoms with E-state index in [0.717, 1.165) is 29.7 Å². The molecule has 3 heterocycles. The third kappa shape index (κ3) is 6.06. The Balaban J connectivity index is 1.05. The van der Waals surface area contributed by atoms with E-state index in [9.17, 15) is 18.0 Å². The Labute approximate surface area is 233 Å². The molecule has 0 radical (unpaired) electrons. The predicted octanol–water partition coefficient (Wildman–Crippen LogP) is 7.00. The molecule has 2 atom stereocenters. The summed E-state index contributed by atoms with van der Waals surface area (Å²) in [4.78, 5) is 28.7. The van der Waals surface area contributed by atoms with Crippen LogP contribution in [0.3, 0.4) is 0 Å². The van der Waals surface area contributed by atoms with Crippen molar-refractivity contribution < 1.29 is 27.4 Å². The molecule has 0 bridgehead atoms. The van der Waals surface area contributed by atoms with Gasteiger partial charge >= 0.3 is 12.1 Å². The minimum absolute atomic E-state index is 0.115. The van der Waals surface area contributed by atoms with Crippen molar-refractivity contribution in [3.8, 4) is 28.5 Å². The molecule has 1 N–H and O–H groups in total. The zero-order valence-electron chi connectivity index (χ0n) is 21.8. The van der Waals surface area contributed by atoms with Crippen molar-refractivity contribution >= 4 is 17.0 Å².